The van der Waals surface area contributed by atoms with Gasteiger partial charge in [0.15, 0.2) is 0 Å². The minimum absolute atomic E-state index is 0.0603. The van der Waals surface area contributed by atoms with Crippen molar-refractivity contribution in [3.63, 3.8) is 0 Å². The van der Waals surface area contributed by atoms with Gasteiger partial charge in [-0.05, 0) is 6.92 Å². The third-order valence-electron chi connectivity index (χ3n) is 0.904. The van der Waals surface area contributed by atoms with Gasteiger partial charge in [-0.3, -0.25) is 4.79 Å². The van der Waals surface area contributed by atoms with Crippen LogP contribution < -0.4 is 0 Å². The van der Waals surface area contributed by atoms with E-state index in [0.29, 0.717) is 11.9 Å². The van der Waals surface area contributed by atoms with Crippen molar-refractivity contribution in [3.05, 3.63) is 24.3 Å². The number of carbonyl (C=O) groups is 2. The van der Waals surface area contributed by atoms with Gasteiger partial charge >= 0.3 is 5.97 Å². The summed E-state index contributed by atoms with van der Waals surface area (Å²) in [5, 5.41) is 0. The molecule has 0 heterocycles. The van der Waals surface area contributed by atoms with E-state index in [9.17, 15) is 9.59 Å². The fourth-order valence-corrected chi connectivity index (χ4v) is 0.315. The fourth-order valence-electron chi connectivity index (χ4n) is 0.315. The molecule has 0 atom stereocenters. The molecule has 0 aliphatic carbocycles. The first kappa shape index (κ1) is 9.62. The van der Waals surface area contributed by atoms with Gasteiger partial charge in [0, 0.05) is 11.1 Å². The SMILES string of the molecule is C=C(C=O)COC(=O)C(=C)C. The summed E-state index contributed by atoms with van der Waals surface area (Å²) in [6.45, 7) is 8.17. The molecular weight excluding hydrogens is 144 g/mol. The Hall–Kier alpha value is -1.38. The number of hydrogen-bond donors (Lipinski definition) is 0. The van der Waals surface area contributed by atoms with Gasteiger partial charge < -0.3 is 4.74 Å². The normalized spacial score (nSPS) is 8.45. The molecule has 0 aromatic carbocycles. The molecule has 0 aliphatic rings. The number of carbonyl (C=O) groups excluding carboxylic acids is 2. The molecule has 0 saturated carbocycles. The Morgan fingerprint density at radius 3 is 2.45 bits per heavy atom. The second-order valence-corrected chi connectivity index (χ2v) is 2.13. The van der Waals surface area contributed by atoms with Crippen molar-refractivity contribution in [1.29, 1.82) is 0 Å². The monoisotopic (exact) mass is 154 g/mol. The summed E-state index contributed by atoms with van der Waals surface area (Å²) in [6, 6.07) is 0. The minimum atomic E-state index is -0.506. The van der Waals surface area contributed by atoms with Gasteiger partial charge in [-0.15, -0.1) is 0 Å². The third-order valence-corrected chi connectivity index (χ3v) is 0.904. The number of ether oxygens (including phenoxy) is 1. The van der Waals surface area contributed by atoms with E-state index in [1.807, 2.05) is 0 Å². The molecule has 0 unspecified atom stereocenters. The van der Waals surface area contributed by atoms with Crippen molar-refractivity contribution in [2.45, 2.75) is 6.92 Å². The zero-order valence-electron chi connectivity index (χ0n) is 6.42. The Bertz CT molecular complexity index is 203. The quantitative estimate of drug-likeness (QED) is 0.342. The molecule has 3 nitrogen and oxygen atoms in total. The average Bonchev–Trinajstić information content (AvgIpc) is 1.99. The second-order valence-electron chi connectivity index (χ2n) is 2.13. The first-order chi connectivity index (χ1) is 5.07. The van der Waals surface area contributed by atoms with Crippen LogP contribution in [-0.2, 0) is 14.3 Å². The van der Waals surface area contributed by atoms with Crippen LogP contribution in [0.1, 0.15) is 6.92 Å². The van der Waals surface area contributed by atoms with E-state index in [2.05, 4.69) is 17.9 Å². The van der Waals surface area contributed by atoms with Crippen LogP contribution >= 0.6 is 0 Å². The highest BCUT2D eigenvalue weighted by molar-refractivity contribution is 5.87. The van der Waals surface area contributed by atoms with E-state index >= 15 is 0 Å². The lowest BCUT2D eigenvalue weighted by molar-refractivity contribution is -0.138. The second kappa shape index (κ2) is 4.44. The Balaban J connectivity index is 3.71. The maximum absolute atomic E-state index is 10.7. The van der Waals surface area contributed by atoms with Gasteiger partial charge in [0.2, 0.25) is 0 Å². The molecular formula is C8H10O3. The lowest BCUT2D eigenvalue weighted by Gasteiger charge is -2.01. The van der Waals surface area contributed by atoms with E-state index < -0.39 is 5.97 Å². The number of hydrogen-bond acceptors (Lipinski definition) is 3. The smallest absolute Gasteiger partial charge is 0.333 e. The standard InChI is InChI=1S/C8H10O3/c1-6(2)8(10)11-5-7(3)4-9/h4H,1,3,5H2,2H3. The zero-order valence-corrected chi connectivity index (χ0v) is 6.42. The highest BCUT2D eigenvalue weighted by Crippen LogP contribution is 1.94. The zero-order chi connectivity index (χ0) is 8.85. The van der Waals surface area contributed by atoms with Crippen LogP contribution in [-0.4, -0.2) is 18.9 Å². The molecule has 0 fully saturated rings. The molecule has 3 heteroatoms. The molecule has 0 radical (unpaired) electrons. The Kier molecular flexibility index (Phi) is 3.88. The summed E-state index contributed by atoms with van der Waals surface area (Å²) < 4.78 is 4.59. The topological polar surface area (TPSA) is 43.4 Å². The molecule has 0 bridgehead atoms. The minimum Gasteiger partial charge on any atom is -0.457 e. The van der Waals surface area contributed by atoms with Crippen LogP contribution in [0.2, 0.25) is 0 Å². The van der Waals surface area contributed by atoms with Crippen LogP contribution in [0.5, 0.6) is 0 Å². The van der Waals surface area contributed by atoms with Crippen molar-refractivity contribution < 1.29 is 14.3 Å². The number of aldehydes is 1. The van der Waals surface area contributed by atoms with Gasteiger partial charge in [0.05, 0.1) is 0 Å². The average molecular weight is 154 g/mol. The molecule has 0 spiro atoms. The summed E-state index contributed by atoms with van der Waals surface area (Å²) in [5.41, 5.74) is 0.545. The van der Waals surface area contributed by atoms with E-state index in [4.69, 9.17) is 0 Å². The third kappa shape index (κ3) is 4.08. The van der Waals surface area contributed by atoms with Crippen LogP contribution in [0.3, 0.4) is 0 Å². The van der Waals surface area contributed by atoms with Crippen molar-refractivity contribution in [2.24, 2.45) is 0 Å². The summed E-state index contributed by atoms with van der Waals surface area (Å²) in [4.78, 5) is 20.7. The van der Waals surface area contributed by atoms with Crippen molar-refractivity contribution in [2.75, 3.05) is 6.61 Å². The lowest BCUT2D eigenvalue weighted by atomic mass is 10.3. The number of esters is 1. The first-order valence-corrected chi connectivity index (χ1v) is 3.03. The summed E-state index contributed by atoms with van der Waals surface area (Å²) in [6.07, 6.45) is 0.547. The largest absolute Gasteiger partial charge is 0.457 e. The van der Waals surface area contributed by atoms with Crippen molar-refractivity contribution in [1.82, 2.24) is 0 Å². The molecule has 0 saturated heterocycles. The van der Waals surface area contributed by atoms with Crippen LogP contribution in [0, 0.1) is 0 Å². The Morgan fingerprint density at radius 2 is 2.09 bits per heavy atom. The van der Waals surface area contributed by atoms with Crippen molar-refractivity contribution >= 4 is 12.3 Å². The predicted molar refractivity (Wildman–Crippen MR) is 41.0 cm³/mol. The summed E-state index contributed by atoms with van der Waals surface area (Å²) in [7, 11) is 0. The van der Waals surface area contributed by atoms with E-state index in [0.717, 1.165) is 0 Å². The summed E-state index contributed by atoms with van der Waals surface area (Å²) in [5.74, 6) is -0.506. The number of rotatable bonds is 4. The molecule has 0 N–H and O–H groups in total. The Labute approximate surface area is 65.4 Å². The van der Waals surface area contributed by atoms with Gasteiger partial charge in [-0.1, -0.05) is 13.2 Å². The fraction of sp³-hybridized carbons (Fsp3) is 0.250. The summed E-state index contributed by atoms with van der Waals surface area (Å²) >= 11 is 0. The van der Waals surface area contributed by atoms with Crippen LogP contribution in [0.4, 0.5) is 0 Å². The van der Waals surface area contributed by atoms with Crippen LogP contribution in [0.15, 0.2) is 24.3 Å². The van der Waals surface area contributed by atoms with Crippen molar-refractivity contribution in [3.8, 4) is 0 Å². The van der Waals surface area contributed by atoms with Gasteiger partial charge in [0.1, 0.15) is 12.9 Å². The van der Waals surface area contributed by atoms with Gasteiger partial charge in [-0.2, -0.15) is 0 Å². The maximum Gasteiger partial charge on any atom is 0.333 e. The lowest BCUT2D eigenvalue weighted by Crippen LogP contribution is -2.07. The molecule has 0 rings (SSSR count). The first-order valence-electron chi connectivity index (χ1n) is 3.03. The molecule has 11 heavy (non-hydrogen) atoms. The van der Waals surface area contributed by atoms with Gasteiger partial charge in [-0.25, -0.2) is 4.79 Å². The van der Waals surface area contributed by atoms with E-state index in [1.165, 1.54) is 6.92 Å². The van der Waals surface area contributed by atoms with Gasteiger partial charge in [0.25, 0.3) is 0 Å². The molecule has 0 amide bonds. The Morgan fingerprint density at radius 1 is 1.55 bits per heavy atom. The highest BCUT2D eigenvalue weighted by atomic mass is 16.5. The van der Waals surface area contributed by atoms with E-state index in [1.54, 1.807) is 0 Å². The maximum atomic E-state index is 10.7. The molecule has 0 aromatic heterocycles. The van der Waals surface area contributed by atoms with Crippen LogP contribution in [0.25, 0.3) is 0 Å². The molecule has 0 aromatic rings. The highest BCUT2D eigenvalue weighted by Gasteiger charge is 2.02. The predicted octanol–water partition coefficient (Wildman–Crippen LogP) is 0.861. The molecule has 0 aliphatic heterocycles. The van der Waals surface area contributed by atoms with E-state index in [-0.39, 0.29) is 12.2 Å². The molecule has 60 valence electrons.